The maximum absolute atomic E-state index is 11.5. The normalized spacial score (nSPS) is 12.1. The number of hydrogen-bond acceptors (Lipinski definition) is 3. The summed E-state index contributed by atoms with van der Waals surface area (Å²) in [6.45, 7) is 1.80. The second-order valence-corrected chi connectivity index (χ2v) is 4.10. The van der Waals surface area contributed by atoms with Crippen molar-refractivity contribution in [1.29, 1.82) is 0 Å². The number of carboxylic acids is 1. The van der Waals surface area contributed by atoms with E-state index in [0.717, 1.165) is 0 Å². The maximum Gasteiger partial charge on any atom is 0.303 e. The molecule has 1 heterocycles. The first-order chi connectivity index (χ1) is 7.09. The highest BCUT2D eigenvalue weighted by Gasteiger charge is 2.10. The number of carboxylic acid groups (broad SMARTS) is 1. The molecule has 0 spiro atoms. The van der Waals surface area contributed by atoms with E-state index in [1.165, 1.54) is 11.3 Å². The first-order valence-corrected chi connectivity index (χ1v) is 5.58. The van der Waals surface area contributed by atoms with E-state index < -0.39 is 5.97 Å². The van der Waals surface area contributed by atoms with E-state index in [1.54, 1.807) is 18.4 Å². The summed E-state index contributed by atoms with van der Waals surface area (Å²) in [5, 5.41) is 14.8. The lowest BCUT2D eigenvalue weighted by molar-refractivity contribution is -0.137. The number of nitrogens with one attached hydrogen (secondary N) is 1. The van der Waals surface area contributed by atoms with Crippen LogP contribution in [0.15, 0.2) is 16.8 Å². The van der Waals surface area contributed by atoms with Crippen LogP contribution in [-0.4, -0.2) is 23.0 Å². The Hall–Kier alpha value is -1.36. The Morgan fingerprint density at radius 3 is 2.87 bits per heavy atom. The lowest BCUT2D eigenvalue weighted by atomic mass is 10.2. The lowest BCUT2D eigenvalue weighted by Gasteiger charge is -2.11. The van der Waals surface area contributed by atoms with Gasteiger partial charge < -0.3 is 10.4 Å². The highest BCUT2D eigenvalue weighted by molar-refractivity contribution is 7.08. The molecule has 0 aliphatic carbocycles. The van der Waals surface area contributed by atoms with Crippen molar-refractivity contribution in [1.82, 2.24) is 5.32 Å². The van der Waals surface area contributed by atoms with Crippen molar-refractivity contribution in [2.75, 3.05) is 0 Å². The molecule has 0 radical (unpaired) electrons. The van der Waals surface area contributed by atoms with Crippen molar-refractivity contribution in [2.24, 2.45) is 0 Å². The van der Waals surface area contributed by atoms with Gasteiger partial charge >= 0.3 is 5.97 Å². The van der Waals surface area contributed by atoms with Crippen molar-refractivity contribution in [3.05, 3.63) is 22.4 Å². The minimum atomic E-state index is -0.841. The van der Waals surface area contributed by atoms with Crippen LogP contribution in [0.2, 0.25) is 0 Å². The highest BCUT2D eigenvalue weighted by Crippen LogP contribution is 2.06. The van der Waals surface area contributed by atoms with E-state index in [-0.39, 0.29) is 18.4 Å². The molecule has 0 saturated heterocycles. The third kappa shape index (κ3) is 4.12. The fraction of sp³-hybridized carbons (Fsp3) is 0.400. The van der Waals surface area contributed by atoms with Crippen molar-refractivity contribution in [2.45, 2.75) is 25.8 Å². The summed E-state index contributed by atoms with van der Waals surface area (Å²) < 4.78 is 0. The summed E-state index contributed by atoms with van der Waals surface area (Å²) in [5.41, 5.74) is 0.627. The first-order valence-electron chi connectivity index (χ1n) is 4.64. The summed E-state index contributed by atoms with van der Waals surface area (Å²) in [5.74, 6) is -0.985. The van der Waals surface area contributed by atoms with Crippen molar-refractivity contribution in [3.8, 4) is 0 Å². The van der Waals surface area contributed by atoms with Gasteiger partial charge in [-0.25, -0.2) is 0 Å². The van der Waals surface area contributed by atoms with E-state index in [2.05, 4.69) is 5.32 Å². The minimum absolute atomic E-state index is 0.0745. The van der Waals surface area contributed by atoms with Crippen LogP contribution >= 0.6 is 11.3 Å². The van der Waals surface area contributed by atoms with Gasteiger partial charge in [0.1, 0.15) is 0 Å². The zero-order chi connectivity index (χ0) is 11.3. The Morgan fingerprint density at radius 1 is 1.60 bits per heavy atom. The van der Waals surface area contributed by atoms with Gasteiger partial charge in [0.25, 0.3) is 5.91 Å². The number of amides is 1. The van der Waals surface area contributed by atoms with Crippen molar-refractivity contribution >= 4 is 23.2 Å². The van der Waals surface area contributed by atoms with Gasteiger partial charge in [0.2, 0.25) is 0 Å². The molecule has 0 aliphatic heterocycles. The zero-order valence-corrected chi connectivity index (χ0v) is 9.21. The Bertz CT molecular complexity index is 334. The predicted octanol–water partition coefficient (Wildman–Crippen LogP) is 1.73. The second kappa shape index (κ2) is 5.50. The molecule has 1 amide bonds. The molecule has 0 fully saturated rings. The van der Waals surface area contributed by atoms with Crippen molar-refractivity contribution in [3.63, 3.8) is 0 Å². The van der Waals surface area contributed by atoms with Gasteiger partial charge in [-0.15, -0.1) is 0 Å². The fourth-order valence-electron chi connectivity index (χ4n) is 1.11. The SMILES string of the molecule is CC(CCC(=O)O)NC(=O)c1ccsc1. The Balaban J connectivity index is 2.35. The maximum atomic E-state index is 11.5. The Morgan fingerprint density at radius 2 is 2.33 bits per heavy atom. The third-order valence-corrected chi connectivity index (χ3v) is 2.64. The average molecular weight is 227 g/mol. The minimum Gasteiger partial charge on any atom is -0.481 e. The monoisotopic (exact) mass is 227 g/mol. The number of carbonyl (C=O) groups excluding carboxylic acids is 1. The van der Waals surface area contributed by atoms with E-state index in [1.807, 2.05) is 5.38 Å². The van der Waals surface area contributed by atoms with Gasteiger partial charge in [0.15, 0.2) is 0 Å². The van der Waals surface area contributed by atoms with Gasteiger partial charge in [-0.2, -0.15) is 11.3 Å². The molecule has 0 aliphatic rings. The van der Waals surface area contributed by atoms with Gasteiger partial charge in [-0.3, -0.25) is 9.59 Å². The van der Waals surface area contributed by atoms with E-state index in [9.17, 15) is 9.59 Å². The lowest BCUT2D eigenvalue weighted by Crippen LogP contribution is -2.32. The van der Waals surface area contributed by atoms with Gasteiger partial charge in [0.05, 0.1) is 0 Å². The molecule has 2 N–H and O–H groups in total. The molecule has 15 heavy (non-hydrogen) atoms. The number of carbonyl (C=O) groups is 2. The molecule has 0 bridgehead atoms. The highest BCUT2D eigenvalue weighted by atomic mass is 32.1. The molecule has 0 aromatic carbocycles. The molecule has 0 saturated carbocycles. The smallest absolute Gasteiger partial charge is 0.303 e. The standard InChI is InChI=1S/C10H13NO3S/c1-7(2-3-9(12)13)11-10(14)8-4-5-15-6-8/h4-7H,2-3H2,1H3,(H,11,14)(H,12,13). The molecular weight excluding hydrogens is 214 g/mol. The fourth-order valence-corrected chi connectivity index (χ4v) is 1.75. The molecular formula is C10H13NO3S. The molecule has 1 unspecified atom stereocenters. The van der Waals surface area contributed by atoms with Crippen LogP contribution in [0, 0.1) is 0 Å². The van der Waals surface area contributed by atoms with Crippen LogP contribution < -0.4 is 5.32 Å². The van der Waals surface area contributed by atoms with Gasteiger partial charge in [-0.1, -0.05) is 0 Å². The van der Waals surface area contributed by atoms with E-state index >= 15 is 0 Å². The average Bonchev–Trinajstić information content (AvgIpc) is 2.67. The molecule has 5 heteroatoms. The molecule has 1 aromatic rings. The van der Waals surface area contributed by atoms with Crippen LogP contribution in [0.1, 0.15) is 30.1 Å². The van der Waals surface area contributed by atoms with Crippen LogP contribution in [0.5, 0.6) is 0 Å². The van der Waals surface area contributed by atoms with Gasteiger partial charge in [-0.05, 0) is 24.8 Å². The zero-order valence-electron chi connectivity index (χ0n) is 8.40. The largest absolute Gasteiger partial charge is 0.481 e. The van der Waals surface area contributed by atoms with Crippen LogP contribution in [-0.2, 0) is 4.79 Å². The van der Waals surface area contributed by atoms with Gasteiger partial charge in [0, 0.05) is 23.4 Å². The van der Waals surface area contributed by atoms with E-state index in [4.69, 9.17) is 5.11 Å². The van der Waals surface area contributed by atoms with Crippen LogP contribution in [0.3, 0.4) is 0 Å². The summed E-state index contributed by atoms with van der Waals surface area (Å²) in [6, 6.07) is 1.62. The number of rotatable bonds is 5. The summed E-state index contributed by atoms with van der Waals surface area (Å²) in [6.07, 6.45) is 0.524. The molecule has 1 rings (SSSR count). The summed E-state index contributed by atoms with van der Waals surface area (Å²) >= 11 is 1.46. The number of hydrogen-bond donors (Lipinski definition) is 2. The second-order valence-electron chi connectivity index (χ2n) is 3.32. The van der Waals surface area contributed by atoms with Crippen LogP contribution in [0.4, 0.5) is 0 Å². The Kier molecular flexibility index (Phi) is 4.30. The molecule has 4 nitrogen and oxygen atoms in total. The quantitative estimate of drug-likeness (QED) is 0.805. The summed E-state index contributed by atoms with van der Waals surface area (Å²) in [7, 11) is 0. The predicted molar refractivity (Wildman–Crippen MR) is 58.1 cm³/mol. The third-order valence-electron chi connectivity index (χ3n) is 1.95. The van der Waals surface area contributed by atoms with Crippen molar-refractivity contribution < 1.29 is 14.7 Å². The molecule has 82 valence electrons. The Labute approximate surface area is 91.9 Å². The van der Waals surface area contributed by atoms with Crippen LogP contribution in [0.25, 0.3) is 0 Å². The summed E-state index contributed by atoms with van der Waals surface area (Å²) in [4.78, 5) is 21.8. The molecule has 1 aromatic heterocycles. The topological polar surface area (TPSA) is 66.4 Å². The number of thiophene rings is 1. The number of aliphatic carboxylic acids is 1. The molecule has 1 atom stereocenters. The van der Waals surface area contributed by atoms with E-state index in [0.29, 0.717) is 12.0 Å². The first kappa shape index (κ1) is 11.7.